The zero-order chi connectivity index (χ0) is 20.0. The Labute approximate surface area is 180 Å². The van der Waals surface area contributed by atoms with Gasteiger partial charge in [-0.05, 0) is 32.9 Å². The topological polar surface area (TPSA) is 80.4 Å². The number of carbonyl (C=O) groups excluding carboxylic acids is 1. The molecule has 1 fully saturated rings. The number of nitrogens with zero attached hydrogens (tertiary/aromatic N) is 3. The molecule has 0 saturated carbocycles. The predicted molar refractivity (Wildman–Crippen MR) is 113 cm³/mol. The number of guanidine groups is 1. The second kappa shape index (κ2) is 10.6. The molecule has 0 bridgehead atoms. The van der Waals surface area contributed by atoms with Gasteiger partial charge >= 0.3 is 6.09 Å². The van der Waals surface area contributed by atoms with Crippen molar-refractivity contribution in [3.63, 3.8) is 0 Å². The van der Waals surface area contributed by atoms with Gasteiger partial charge in [0.15, 0.2) is 17.6 Å². The largest absolute Gasteiger partial charge is 0.492 e. The Bertz CT molecular complexity index is 690. The van der Waals surface area contributed by atoms with Crippen LogP contribution in [-0.4, -0.2) is 66.8 Å². The monoisotopic (exact) mass is 512 g/mol. The summed E-state index contributed by atoms with van der Waals surface area (Å²) in [6.07, 6.45) is -0.336. The SMILES string of the molecule is CC(C)(C)OC(=O)N1CCN(C(N)=NCCOc2ccc(F)c(F)c2)CC1.I. The molecule has 0 radical (unpaired) electrons. The number of halogens is 3. The van der Waals surface area contributed by atoms with E-state index in [9.17, 15) is 13.6 Å². The number of aliphatic imine (C=N–C) groups is 1. The van der Waals surface area contributed by atoms with Crippen LogP contribution in [0.15, 0.2) is 23.2 Å². The fourth-order valence-corrected chi connectivity index (χ4v) is 2.43. The highest BCUT2D eigenvalue weighted by Gasteiger charge is 2.26. The number of rotatable bonds is 4. The van der Waals surface area contributed by atoms with Crippen LogP contribution in [-0.2, 0) is 4.74 Å². The van der Waals surface area contributed by atoms with E-state index in [0.29, 0.717) is 32.1 Å². The Hall–Kier alpha value is -1.85. The van der Waals surface area contributed by atoms with Gasteiger partial charge in [0, 0.05) is 32.2 Å². The summed E-state index contributed by atoms with van der Waals surface area (Å²) in [6.45, 7) is 8.04. The van der Waals surface area contributed by atoms with Crippen LogP contribution in [0.3, 0.4) is 0 Å². The van der Waals surface area contributed by atoms with Crippen LogP contribution in [0.2, 0.25) is 0 Å². The molecule has 1 heterocycles. The van der Waals surface area contributed by atoms with Gasteiger partial charge in [-0.15, -0.1) is 24.0 Å². The van der Waals surface area contributed by atoms with Gasteiger partial charge in [-0.3, -0.25) is 0 Å². The summed E-state index contributed by atoms with van der Waals surface area (Å²) >= 11 is 0. The summed E-state index contributed by atoms with van der Waals surface area (Å²) in [5.41, 5.74) is 5.45. The maximum Gasteiger partial charge on any atom is 0.410 e. The number of hydrogen-bond acceptors (Lipinski definition) is 4. The first-order chi connectivity index (χ1) is 12.7. The molecular formula is C18H27F2IN4O3. The zero-order valence-electron chi connectivity index (χ0n) is 16.3. The van der Waals surface area contributed by atoms with E-state index in [4.69, 9.17) is 15.2 Å². The molecule has 0 unspecified atom stereocenters. The van der Waals surface area contributed by atoms with Crippen LogP contribution in [0.25, 0.3) is 0 Å². The number of benzene rings is 1. The molecule has 158 valence electrons. The molecule has 0 spiro atoms. The van der Waals surface area contributed by atoms with Crippen molar-refractivity contribution in [3.8, 4) is 5.75 Å². The minimum atomic E-state index is -0.960. The van der Waals surface area contributed by atoms with Gasteiger partial charge in [-0.1, -0.05) is 0 Å². The summed E-state index contributed by atoms with van der Waals surface area (Å²) in [6, 6.07) is 3.34. The van der Waals surface area contributed by atoms with Gasteiger partial charge in [0.1, 0.15) is 18.0 Å². The van der Waals surface area contributed by atoms with Gasteiger partial charge in [-0.25, -0.2) is 18.6 Å². The van der Waals surface area contributed by atoms with Crippen LogP contribution in [0, 0.1) is 11.6 Å². The van der Waals surface area contributed by atoms with E-state index in [1.165, 1.54) is 6.07 Å². The van der Waals surface area contributed by atoms with Crippen molar-refractivity contribution in [3.05, 3.63) is 29.8 Å². The van der Waals surface area contributed by atoms with Crippen molar-refractivity contribution in [2.75, 3.05) is 39.3 Å². The molecule has 0 atom stereocenters. The van der Waals surface area contributed by atoms with Crippen LogP contribution >= 0.6 is 24.0 Å². The van der Waals surface area contributed by atoms with Crippen molar-refractivity contribution in [1.29, 1.82) is 0 Å². The Kier molecular flexibility index (Phi) is 9.18. The molecule has 1 aliphatic heterocycles. The number of nitrogens with two attached hydrogens (primary N) is 1. The molecule has 28 heavy (non-hydrogen) atoms. The average molecular weight is 512 g/mol. The van der Waals surface area contributed by atoms with E-state index < -0.39 is 17.2 Å². The molecule has 1 saturated heterocycles. The molecule has 1 aliphatic rings. The maximum absolute atomic E-state index is 13.1. The van der Waals surface area contributed by atoms with E-state index in [-0.39, 0.29) is 49.0 Å². The predicted octanol–water partition coefficient (Wildman–Crippen LogP) is 2.83. The zero-order valence-corrected chi connectivity index (χ0v) is 18.6. The fraction of sp³-hybridized carbons (Fsp3) is 0.556. The summed E-state index contributed by atoms with van der Waals surface area (Å²) in [5, 5.41) is 0. The third kappa shape index (κ3) is 7.64. The van der Waals surface area contributed by atoms with Crippen molar-refractivity contribution in [1.82, 2.24) is 9.80 Å². The third-order valence-electron chi connectivity index (χ3n) is 3.78. The standard InChI is InChI=1S/C18H26F2N4O3.HI/c1-18(2,3)27-17(25)24-9-7-23(8-10-24)16(21)22-6-11-26-13-4-5-14(19)15(20)12-13;/h4-5,12H,6-11H2,1-3H3,(H2,21,22);1H. The smallest absolute Gasteiger partial charge is 0.410 e. The Morgan fingerprint density at radius 3 is 2.32 bits per heavy atom. The van der Waals surface area contributed by atoms with Crippen molar-refractivity contribution >= 4 is 36.0 Å². The number of carbonyl (C=O) groups is 1. The maximum atomic E-state index is 13.1. The van der Waals surface area contributed by atoms with Crippen molar-refractivity contribution in [2.24, 2.45) is 10.7 Å². The lowest BCUT2D eigenvalue weighted by molar-refractivity contribution is 0.0186. The Morgan fingerprint density at radius 2 is 1.75 bits per heavy atom. The molecule has 0 aromatic heterocycles. The molecule has 1 amide bonds. The summed E-state index contributed by atoms with van der Waals surface area (Å²) in [5.74, 6) is -1.30. The molecular weight excluding hydrogens is 485 g/mol. The van der Waals surface area contributed by atoms with Crippen LogP contribution in [0.4, 0.5) is 13.6 Å². The highest BCUT2D eigenvalue weighted by Crippen LogP contribution is 2.15. The molecule has 1 aromatic carbocycles. The molecule has 2 N–H and O–H groups in total. The summed E-state index contributed by atoms with van der Waals surface area (Å²) in [4.78, 5) is 19.8. The first-order valence-electron chi connectivity index (χ1n) is 8.76. The van der Waals surface area contributed by atoms with E-state index in [1.807, 2.05) is 25.7 Å². The van der Waals surface area contributed by atoms with E-state index in [2.05, 4.69) is 4.99 Å². The number of hydrogen-bond donors (Lipinski definition) is 1. The third-order valence-corrected chi connectivity index (χ3v) is 3.78. The van der Waals surface area contributed by atoms with Gasteiger partial charge in [-0.2, -0.15) is 0 Å². The lowest BCUT2D eigenvalue weighted by Crippen LogP contribution is -2.53. The Balaban J connectivity index is 0.00000392. The highest BCUT2D eigenvalue weighted by atomic mass is 127. The minimum Gasteiger partial charge on any atom is -0.492 e. The van der Waals surface area contributed by atoms with Crippen LogP contribution < -0.4 is 10.5 Å². The van der Waals surface area contributed by atoms with Gasteiger partial charge in [0.05, 0.1) is 6.54 Å². The summed E-state index contributed by atoms with van der Waals surface area (Å²) < 4.78 is 36.6. The van der Waals surface area contributed by atoms with E-state index >= 15 is 0 Å². The second-order valence-corrected chi connectivity index (χ2v) is 7.12. The number of amides is 1. The van der Waals surface area contributed by atoms with Crippen LogP contribution in [0.1, 0.15) is 20.8 Å². The van der Waals surface area contributed by atoms with Crippen molar-refractivity contribution < 1.29 is 23.0 Å². The molecule has 10 heteroatoms. The molecule has 7 nitrogen and oxygen atoms in total. The number of piperazine rings is 1. The second-order valence-electron chi connectivity index (χ2n) is 7.12. The lowest BCUT2D eigenvalue weighted by Gasteiger charge is -2.36. The first-order valence-corrected chi connectivity index (χ1v) is 8.76. The lowest BCUT2D eigenvalue weighted by atomic mass is 10.2. The molecule has 0 aliphatic carbocycles. The normalized spacial score (nSPS) is 15.1. The van der Waals surface area contributed by atoms with Gasteiger partial charge < -0.3 is 25.0 Å². The fourth-order valence-electron chi connectivity index (χ4n) is 2.43. The van der Waals surface area contributed by atoms with E-state index in [1.54, 1.807) is 4.90 Å². The van der Waals surface area contributed by atoms with Gasteiger partial charge in [0.25, 0.3) is 0 Å². The number of ether oxygens (including phenoxy) is 2. The van der Waals surface area contributed by atoms with E-state index in [0.717, 1.165) is 12.1 Å². The summed E-state index contributed by atoms with van der Waals surface area (Å²) in [7, 11) is 0. The molecule has 1 aromatic rings. The van der Waals surface area contributed by atoms with Gasteiger partial charge in [0.2, 0.25) is 0 Å². The van der Waals surface area contributed by atoms with Crippen molar-refractivity contribution in [2.45, 2.75) is 26.4 Å². The van der Waals surface area contributed by atoms with Crippen LogP contribution in [0.5, 0.6) is 5.75 Å². The highest BCUT2D eigenvalue weighted by molar-refractivity contribution is 14.0. The quantitative estimate of drug-likeness (QED) is 0.291. The molecule has 2 rings (SSSR count). The Morgan fingerprint density at radius 1 is 1.14 bits per heavy atom. The first kappa shape index (κ1) is 24.2. The minimum absolute atomic E-state index is 0. The average Bonchev–Trinajstić information content (AvgIpc) is 2.60.